The Kier molecular flexibility index (Phi) is 7.04. The maximum atomic E-state index is 12.3. The maximum Gasteiger partial charge on any atom is 0.279 e. The lowest BCUT2D eigenvalue weighted by atomic mass is 9.78. The smallest absolute Gasteiger partial charge is 0.279 e. The number of nitrogens with one attached hydrogen (secondary N) is 3. The van der Waals surface area contributed by atoms with Crippen LogP contribution in [0.15, 0.2) is 6.07 Å². The van der Waals surface area contributed by atoms with Gasteiger partial charge in [-0.15, -0.1) is 11.3 Å². The van der Waals surface area contributed by atoms with Crippen molar-refractivity contribution in [2.75, 3.05) is 0 Å². The molecular formula is C18H29N3OS2. The Morgan fingerprint density at radius 2 is 2.08 bits per heavy atom. The molecule has 0 aromatic carbocycles. The summed E-state index contributed by atoms with van der Waals surface area (Å²) in [7, 11) is 0. The fourth-order valence-corrected chi connectivity index (χ4v) is 4.48. The highest BCUT2D eigenvalue weighted by atomic mass is 32.1. The van der Waals surface area contributed by atoms with Crippen LogP contribution < -0.4 is 16.2 Å². The fraction of sp³-hybridized carbons (Fsp3) is 0.667. The van der Waals surface area contributed by atoms with Crippen molar-refractivity contribution in [2.45, 2.75) is 65.8 Å². The first-order valence-corrected chi connectivity index (χ1v) is 10.1. The van der Waals surface area contributed by atoms with Crippen LogP contribution in [-0.2, 0) is 6.42 Å². The van der Waals surface area contributed by atoms with Gasteiger partial charge in [0.15, 0.2) is 5.11 Å². The van der Waals surface area contributed by atoms with Crippen LogP contribution in [0.2, 0.25) is 0 Å². The van der Waals surface area contributed by atoms with Crippen LogP contribution >= 0.6 is 23.6 Å². The molecule has 1 aromatic heterocycles. The molecule has 0 bridgehead atoms. The number of carbonyl (C=O) groups excluding carboxylic acids is 1. The summed E-state index contributed by atoms with van der Waals surface area (Å²) >= 11 is 6.87. The van der Waals surface area contributed by atoms with Crippen molar-refractivity contribution in [1.82, 2.24) is 16.2 Å². The van der Waals surface area contributed by atoms with E-state index in [1.165, 1.54) is 34.6 Å². The molecule has 1 aliphatic carbocycles. The van der Waals surface area contributed by atoms with E-state index in [1.54, 1.807) is 0 Å². The predicted octanol–water partition coefficient (Wildman–Crippen LogP) is 3.94. The summed E-state index contributed by atoms with van der Waals surface area (Å²) in [6.45, 7) is 8.78. The number of carbonyl (C=O) groups is 1. The van der Waals surface area contributed by atoms with Gasteiger partial charge >= 0.3 is 0 Å². The molecule has 0 unspecified atom stereocenters. The second kappa shape index (κ2) is 8.81. The van der Waals surface area contributed by atoms with E-state index in [1.807, 2.05) is 6.07 Å². The number of rotatable bonds is 4. The summed E-state index contributed by atoms with van der Waals surface area (Å²) in [4.78, 5) is 14.2. The Balaban J connectivity index is 1.82. The third-order valence-electron chi connectivity index (χ3n) is 5.08. The van der Waals surface area contributed by atoms with Crippen molar-refractivity contribution < 1.29 is 4.79 Å². The quantitative estimate of drug-likeness (QED) is 0.557. The monoisotopic (exact) mass is 367 g/mol. The lowest BCUT2D eigenvalue weighted by Crippen LogP contribution is -2.52. The van der Waals surface area contributed by atoms with Gasteiger partial charge in [0.2, 0.25) is 0 Å². The molecule has 1 heterocycles. The topological polar surface area (TPSA) is 53.2 Å². The van der Waals surface area contributed by atoms with Crippen molar-refractivity contribution in [3.05, 3.63) is 21.4 Å². The summed E-state index contributed by atoms with van der Waals surface area (Å²) in [6.07, 6.45) is 5.75. The lowest BCUT2D eigenvalue weighted by molar-refractivity contribution is 0.0947. The average Bonchev–Trinajstić information content (AvgIpc) is 2.91. The molecule has 0 radical (unpaired) electrons. The second-order valence-electron chi connectivity index (χ2n) is 6.87. The van der Waals surface area contributed by atoms with Gasteiger partial charge in [-0.2, -0.15) is 0 Å². The lowest BCUT2D eigenvalue weighted by Gasteiger charge is -2.35. The zero-order valence-electron chi connectivity index (χ0n) is 15.1. The molecule has 1 fully saturated rings. The number of aryl methyl sites for hydroxylation is 2. The van der Waals surface area contributed by atoms with Crippen molar-refractivity contribution in [1.29, 1.82) is 0 Å². The molecule has 4 nitrogen and oxygen atoms in total. The normalized spacial score (nSPS) is 23.6. The van der Waals surface area contributed by atoms with Crippen molar-refractivity contribution >= 4 is 34.6 Å². The standard InChI is InChI=1S/C18H29N3OS2/c1-5-7-14-10-16(24-13(14)4)17(22)20-21-18(23)19-15-9-6-8-11(2)12(15)3/h10-12,15H,5-9H2,1-4H3,(H,20,22)(H2,19,21,23)/t11-,12-,15+/m0/s1. The first-order valence-electron chi connectivity index (χ1n) is 8.88. The Morgan fingerprint density at radius 1 is 1.33 bits per heavy atom. The predicted molar refractivity (Wildman–Crippen MR) is 105 cm³/mol. The molecule has 3 N–H and O–H groups in total. The van der Waals surface area contributed by atoms with E-state index in [9.17, 15) is 4.79 Å². The van der Waals surface area contributed by atoms with E-state index in [0.717, 1.165) is 24.1 Å². The highest BCUT2D eigenvalue weighted by Crippen LogP contribution is 2.29. The molecule has 134 valence electrons. The number of hydrogen-bond acceptors (Lipinski definition) is 3. The fourth-order valence-electron chi connectivity index (χ4n) is 3.31. The van der Waals surface area contributed by atoms with Crippen LogP contribution in [0.4, 0.5) is 0 Å². The number of thiophene rings is 1. The summed E-state index contributed by atoms with van der Waals surface area (Å²) in [6, 6.07) is 2.37. The number of hydrazine groups is 1. The molecule has 1 aliphatic rings. The third kappa shape index (κ3) is 4.93. The van der Waals surface area contributed by atoms with Crippen LogP contribution in [-0.4, -0.2) is 17.1 Å². The highest BCUT2D eigenvalue weighted by molar-refractivity contribution is 7.80. The molecule has 1 amide bonds. The molecule has 24 heavy (non-hydrogen) atoms. The highest BCUT2D eigenvalue weighted by Gasteiger charge is 2.27. The van der Waals surface area contributed by atoms with E-state index in [0.29, 0.717) is 23.0 Å². The van der Waals surface area contributed by atoms with Gasteiger partial charge in [-0.05, 0) is 55.4 Å². The summed E-state index contributed by atoms with van der Waals surface area (Å²) in [5.41, 5.74) is 6.83. The van der Waals surface area contributed by atoms with Crippen LogP contribution in [0, 0.1) is 18.8 Å². The maximum absolute atomic E-state index is 12.3. The Hall–Kier alpha value is -1.14. The van der Waals surface area contributed by atoms with E-state index < -0.39 is 0 Å². The minimum Gasteiger partial charge on any atom is -0.358 e. The molecule has 0 saturated heterocycles. The zero-order valence-corrected chi connectivity index (χ0v) is 16.7. The van der Waals surface area contributed by atoms with Crippen LogP contribution in [0.3, 0.4) is 0 Å². The van der Waals surface area contributed by atoms with E-state index in [4.69, 9.17) is 12.2 Å². The van der Waals surface area contributed by atoms with Gasteiger partial charge in [-0.3, -0.25) is 15.6 Å². The first-order chi connectivity index (χ1) is 11.4. The molecular weight excluding hydrogens is 338 g/mol. The van der Waals surface area contributed by atoms with Gasteiger partial charge < -0.3 is 5.32 Å². The van der Waals surface area contributed by atoms with Crippen molar-refractivity contribution in [2.24, 2.45) is 11.8 Å². The van der Waals surface area contributed by atoms with Gasteiger partial charge in [-0.1, -0.05) is 40.0 Å². The van der Waals surface area contributed by atoms with E-state index in [2.05, 4.69) is 43.9 Å². The van der Waals surface area contributed by atoms with Gasteiger partial charge in [0.25, 0.3) is 5.91 Å². The molecule has 0 spiro atoms. The average molecular weight is 368 g/mol. The van der Waals surface area contributed by atoms with E-state index in [-0.39, 0.29) is 5.91 Å². The molecule has 2 rings (SSSR count). The third-order valence-corrected chi connectivity index (χ3v) is 6.39. The number of hydrogen-bond donors (Lipinski definition) is 3. The molecule has 1 aromatic rings. The van der Waals surface area contributed by atoms with Crippen LogP contribution in [0.25, 0.3) is 0 Å². The summed E-state index contributed by atoms with van der Waals surface area (Å²) in [5.74, 6) is 1.17. The second-order valence-corrected chi connectivity index (χ2v) is 8.53. The van der Waals surface area contributed by atoms with Gasteiger partial charge in [-0.25, -0.2) is 0 Å². The van der Waals surface area contributed by atoms with Gasteiger partial charge in [0.1, 0.15) is 0 Å². The zero-order chi connectivity index (χ0) is 17.7. The van der Waals surface area contributed by atoms with E-state index >= 15 is 0 Å². The SMILES string of the molecule is CCCc1cc(C(=O)NNC(=S)N[C@@H]2CCC[C@H](C)[C@@H]2C)sc1C. The Bertz CT molecular complexity index is 585. The summed E-state index contributed by atoms with van der Waals surface area (Å²) in [5, 5.41) is 3.85. The molecule has 6 heteroatoms. The van der Waals surface area contributed by atoms with Gasteiger partial charge in [0.05, 0.1) is 4.88 Å². The molecule has 0 aliphatic heterocycles. The van der Waals surface area contributed by atoms with Crippen molar-refractivity contribution in [3.8, 4) is 0 Å². The molecule has 3 atom stereocenters. The van der Waals surface area contributed by atoms with Crippen LogP contribution in [0.5, 0.6) is 0 Å². The summed E-state index contributed by atoms with van der Waals surface area (Å²) < 4.78 is 0. The largest absolute Gasteiger partial charge is 0.358 e. The minimum absolute atomic E-state index is 0.125. The first kappa shape index (κ1) is 19.2. The van der Waals surface area contributed by atoms with Crippen molar-refractivity contribution in [3.63, 3.8) is 0 Å². The minimum atomic E-state index is -0.125. The number of thiocarbonyl (C=S) groups is 1. The Morgan fingerprint density at radius 3 is 2.79 bits per heavy atom. The number of amides is 1. The van der Waals surface area contributed by atoms with Crippen LogP contribution in [0.1, 0.15) is 66.6 Å². The Labute approximate surface area is 154 Å². The van der Waals surface area contributed by atoms with Gasteiger partial charge in [0, 0.05) is 10.9 Å². The molecule has 1 saturated carbocycles.